The maximum absolute atomic E-state index is 12.3. The molecule has 3 aromatic rings. The second-order valence-corrected chi connectivity index (χ2v) is 5.83. The third-order valence-corrected chi connectivity index (χ3v) is 3.83. The van der Waals surface area contributed by atoms with Gasteiger partial charge < -0.3 is 14.6 Å². The predicted octanol–water partition coefficient (Wildman–Crippen LogP) is 4.45. The van der Waals surface area contributed by atoms with Crippen LogP contribution in [0.2, 0.25) is 0 Å². The Labute approximate surface area is 148 Å². The first-order valence-corrected chi connectivity index (χ1v) is 8.50. The highest BCUT2D eigenvalue weighted by atomic mass is 16.5. The van der Waals surface area contributed by atoms with E-state index >= 15 is 0 Å². The van der Waals surface area contributed by atoms with E-state index in [2.05, 4.69) is 12.2 Å². The molecule has 0 saturated heterocycles. The summed E-state index contributed by atoms with van der Waals surface area (Å²) in [6.45, 7) is 2.69. The Bertz CT molecular complexity index is 808. The van der Waals surface area contributed by atoms with Gasteiger partial charge in [-0.15, -0.1) is 0 Å². The average molecular weight is 334 g/mol. The summed E-state index contributed by atoms with van der Waals surface area (Å²) in [6, 6.07) is 19.5. The molecular weight excluding hydrogens is 312 g/mol. The van der Waals surface area contributed by atoms with E-state index in [1.165, 1.54) is 0 Å². The van der Waals surface area contributed by atoms with Gasteiger partial charge in [0.1, 0.15) is 5.75 Å². The summed E-state index contributed by atoms with van der Waals surface area (Å²) < 4.78 is 7.71. The number of aromatic nitrogens is 1. The summed E-state index contributed by atoms with van der Waals surface area (Å²) in [7, 11) is 0. The smallest absolute Gasteiger partial charge is 0.228 e. The summed E-state index contributed by atoms with van der Waals surface area (Å²) in [5, 5.41) is 2.94. The maximum Gasteiger partial charge on any atom is 0.228 e. The molecule has 0 radical (unpaired) electrons. The van der Waals surface area contributed by atoms with Gasteiger partial charge >= 0.3 is 0 Å². The van der Waals surface area contributed by atoms with Crippen LogP contribution in [0.25, 0.3) is 5.69 Å². The minimum Gasteiger partial charge on any atom is -0.491 e. The van der Waals surface area contributed by atoms with Gasteiger partial charge in [-0.3, -0.25) is 4.79 Å². The number of hydrogen-bond acceptors (Lipinski definition) is 2. The molecule has 4 nitrogen and oxygen atoms in total. The van der Waals surface area contributed by atoms with Gasteiger partial charge in [0.15, 0.2) is 0 Å². The van der Waals surface area contributed by atoms with Gasteiger partial charge in [-0.1, -0.05) is 31.2 Å². The molecule has 4 heteroatoms. The lowest BCUT2D eigenvalue weighted by Gasteiger charge is -2.12. The van der Waals surface area contributed by atoms with Crippen molar-refractivity contribution >= 4 is 11.6 Å². The maximum atomic E-state index is 12.3. The van der Waals surface area contributed by atoms with Gasteiger partial charge in [0.05, 0.1) is 18.7 Å². The van der Waals surface area contributed by atoms with Crippen LogP contribution in [0, 0.1) is 0 Å². The Kier molecular flexibility index (Phi) is 5.52. The molecule has 0 unspecified atom stereocenters. The summed E-state index contributed by atoms with van der Waals surface area (Å²) in [6.07, 6.45) is 5.24. The predicted molar refractivity (Wildman–Crippen MR) is 100 cm³/mol. The number of nitrogens with zero attached hydrogens (tertiary/aromatic N) is 1. The monoisotopic (exact) mass is 334 g/mol. The number of anilines is 1. The van der Waals surface area contributed by atoms with Crippen molar-refractivity contribution in [2.45, 2.75) is 19.8 Å². The first-order chi connectivity index (χ1) is 12.3. The Hall–Kier alpha value is -3.01. The third kappa shape index (κ3) is 4.51. The number of nitrogens with one attached hydrogen (secondary N) is 1. The number of carbonyl (C=O) groups is 1. The zero-order chi connectivity index (χ0) is 17.5. The van der Waals surface area contributed by atoms with Gasteiger partial charge in [0.2, 0.25) is 5.91 Å². The number of ether oxygens (including phenoxy) is 1. The standard InChI is InChI=1S/C21H22N2O2/c1-2-15-25-20-8-4-3-7-19(20)22-21(24)16-17-9-11-18(12-10-17)23-13-5-6-14-23/h3-14H,2,15-16H2,1H3,(H,22,24). The van der Waals surface area contributed by atoms with E-state index in [-0.39, 0.29) is 5.91 Å². The van der Waals surface area contributed by atoms with Crippen LogP contribution in [-0.2, 0) is 11.2 Å². The van der Waals surface area contributed by atoms with Crippen LogP contribution in [0.3, 0.4) is 0 Å². The quantitative estimate of drug-likeness (QED) is 0.694. The van der Waals surface area contributed by atoms with E-state index in [0.717, 1.165) is 17.7 Å². The zero-order valence-corrected chi connectivity index (χ0v) is 14.3. The van der Waals surface area contributed by atoms with E-state index in [1.807, 2.05) is 77.6 Å². The van der Waals surface area contributed by atoms with Crippen molar-refractivity contribution in [3.8, 4) is 11.4 Å². The summed E-state index contributed by atoms with van der Waals surface area (Å²) in [5.74, 6) is 0.655. The number of carbonyl (C=O) groups excluding carboxylic acids is 1. The van der Waals surface area contributed by atoms with Gasteiger partial charge in [-0.05, 0) is 48.4 Å². The fraction of sp³-hybridized carbons (Fsp3) is 0.190. The molecule has 1 N–H and O–H groups in total. The lowest BCUT2D eigenvalue weighted by molar-refractivity contribution is -0.115. The molecule has 0 fully saturated rings. The largest absolute Gasteiger partial charge is 0.491 e. The van der Waals surface area contributed by atoms with E-state index in [1.54, 1.807) is 0 Å². The molecular formula is C21H22N2O2. The topological polar surface area (TPSA) is 43.3 Å². The summed E-state index contributed by atoms with van der Waals surface area (Å²) in [5.41, 5.74) is 2.76. The van der Waals surface area contributed by atoms with Crippen LogP contribution in [0.15, 0.2) is 73.1 Å². The van der Waals surface area contributed by atoms with Crippen molar-refractivity contribution < 1.29 is 9.53 Å². The highest BCUT2D eigenvalue weighted by molar-refractivity contribution is 5.93. The second-order valence-electron chi connectivity index (χ2n) is 5.83. The highest BCUT2D eigenvalue weighted by Gasteiger charge is 2.08. The van der Waals surface area contributed by atoms with Crippen LogP contribution in [0.1, 0.15) is 18.9 Å². The minimum atomic E-state index is -0.0544. The fourth-order valence-electron chi connectivity index (χ4n) is 2.58. The Morgan fingerprint density at radius 2 is 1.72 bits per heavy atom. The SMILES string of the molecule is CCCOc1ccccc1NC(=O)Cc1ccc(-n2cccc2)cc1. The number of hydrogen-bond donors (Lipinski definition) is 1. The Morgan fingerprint density at radius 3 is 2.44 bits per heavy atom. The van der Waals surface area contributed by atoms with Crippen molar-refractivity contribution in [1.29, 1.82) is 0 Å². The average Bonchev–Trinajstić information content (AvgIpc) is 3.16. The number of rotatable bonds is 7. The van der Waals surface area contributed by atoms with Gasteiger partial charge in [0, 0.05) is 18.1 Å². The molecule has 0 saturated carbocycles. The molecule has 2 aromatic carbocycles. The second kappa shape index (κ2) is 8.20. The summed E-state index contributed by atoms with van der Waals surface area (Å²) >= 11 is 0. The fourth-order valence-corrected chi connectivity index (χ4v) is 2.58. The first kappa shape index (κ1) is 16.8. The molecule has 3 rings (SSSR count). The van der Waals surface area contributed by atoms with E-state index in [9.17, 15) is 4.79 Å². The summed E-state index contributed by atoms with van der Waals surface area (Å²) in [4.78, 5) is 12.3. The molecule has 1 amide bonds. The van der Waals surface area contributed by atoms with Gasteiger partial charge in [-0.25, -0.2) is 0 Å². The molecule has 0 aliphatic heterocycles. The van der Waals surface area contributed by atoms with Crippen LogP contribution in [0.4, 0.5) is 5.69 Å². The lowest BCUT2D eigenvalue weighted by Crippen LogP contribution is -2.15. The normalized spacial score (nSPS) is 10.4. The molecule has 0 aliphatic carbocycles. The minimum absolute atomic E-state index is 0.0544. The number of para-hydroxylation sites is 2. The van der Waals surface area contributed by atoms with Crippen LogP contribution < -0.4 is 10.1 Å². The molecule has 1 aromatic heterocycles. The molecule has 1 heterocycles. The first-order valence-electron chi connectivity index (χ1n) is 8.50. The molecule has 0 spiro atoms. The molecule has 128 valence electrons. The van der Waals surface area contributed by atoms with Crippen molar-refractivity contribution in [1.82, 2.24) is 4.57 Å². The van der Waals surface area contributed by atoms with E-state index in [0.29, 0.717) is 24.5 Å². The Balaban J connectivity index is 1.63. The van der Waals surface area contributed by atoms with Crippen LogP contribution in [0.5, 0.6) is 5.75 Å². The molecule has 0 aliphatic rings. The van der Waals surface area contributed by atoms with Gasteiger partial charge in [0.25, 0.3) is 0 Å². The molecule has 25 heavy (non-hydrogen) atoms. The zero-order valence-electron chi connectivity index (χ0n) is 14.3. The van der Waals surface area contributed by atoms with E-state index in [4.69, 9.17) is 4.74 Å². The van der Waals surface area contributed by atoms with Crippen molar-refractivity contribution in [3.63, 3.8) is 0 Å². The highest BCUT2D eigenvalue weighted by Crippen LogP contribution is 2.24. The third-order valence-electron chi connectivity index (χ3n) is 3.83. The Morgan fingerprint density at radius 1 is 1.00 bits per heavy atom. The number of amides is 1. The number of benzene rings is 2. The van der Waals surface area contributed by atoms with Crippen LogP contribution in [-0.4, -0.2) is 17.1 Å². The van der Waals surface area contributed by atoms with Crippen LogP contribution >= 0.6 is 0 Å². The van der Waals surface area contributed by atoms with Crippen molar-refractivity contribution in [2.24, 2.45) is 0 Å². The lowest BCUT2D eigenvalue weighted by atomic mass is 10.1. The van der Waals surface area contributed by atoms with E-state index < -0.39 is 0 Å². The van der Waals surface area contributed by atoms with Gasteiger partial charge in [-0.2, -0.15) is 0 Å². The molecule has 0 bridgehead atoms. The van der Waals surface area contributed by atoms with Crippen molar-refractivity contribution in [2.75, 3.05) is 11.9 Å². The molecule has 0 atom stereocenters. The van der Waals surface area contributed by atoms with Crippen molar-refractivity contribution in [3.05, 3.63) is 78.6 Å².